The van der Waals surface area contributed by atoms with Gasteiger partial charge in [-0.3, -0.25) is 0 Å². The summed E-state index contributed by atoms with van der Waals surface area (Å²) >= 11 is 0. The van der Waals surface area contributed by atoms with Crippen LogP contribution in [0.1, 0.15) is 58.8 Å². The molecule has 0 aromatic heterocycles. The highest BCUT2D eigenvalue weighted by Gasteiger charge is 2.26. The van der Waals surface area contributed by atoms with E-state index < -0.39 is 0 Å². The van der Waals surface area contributed by atoms with E-state index >= 15 is 0 Å². The Morgan fingerprint density at radius 2 is 1.94 bits per heavy atom. The average molecular weight is 241 g/mol. The van der Waals surface area contributed by atoms with Crippen LogP contribution in [0.3, 0.4) is 0 Å². The van der Waals surface area contributed by atoms with Crippen molar-refractivity contribution in [3.8, 4) is 0 Å². The van der Waals surface area contributed by atoms with Crippen LogP contribution in [0.2, 0.25) is 0 Å². The van der Waals surface area contributed by atoms with E-state index in [2.05, 4.69) is 19.2 Å². The molecule has 0 aromatic carbocycles. The summed E-state index contributed by atoms with van der Waals surface area (Å²) in [5, 5.41) is 3.54. The molecule has 0 radical (unpaired) electrons. The number of hydrogen-bond donors (Lipinski definition) is 1. The molecule has 17 heavy (non-hydrogen) atoms. The second-order valence-electron chi connectivity index (χ2n) is 6.04. The molecule has 0 spiro atoms. The van der Waals surface area contributed by atoms with Gasteiger partial charge in [-0.25, -0.2) is 0 Å². The van der Waals surface area contributed by atoms with Crippen LogP contribution in [0.4, 0.5) is 0 Å². The van der Waals surface area contributed by atoms with Gasteiger partial charge in [-0.1, -0.05) is 46.0 Å². The number of nitrogens with one attached hydrogen (secondary N) is 1. The molecule has 0 aliphatic heterocycles. The summed E-state index contributed by atoms with van der Waals surface area (Å²) in [5.74, 6) is 0.984. The highest BCUT2D eigenvalue weighted by molar-refractivity contribution is 4.80. The maximum atomic E-state index is 5.08. The van der Waals surface area contributed by atoms with Gasteiger partial charge in [0.2, 0.25) is 0 Å². The lowest BCUT2D eigenvalue weighted by atomic mass is 9.74. The molecule has 1 fully saturated rings. The van der Waals surface area contributed by atoms with Crippen molar-refractivity contribution < 1.29 is 4.74 Å². The molecule has 0 amide bonds. The first-order chi connectivity index (χ1) is 8.20. The van der Waals surface area contributed by atoms with Gasteiger partial charge < -0.3 is 10.1 Å². The van der Waals surface area contributed by atoms with E-state index in [1.54, 1.807) is 7.11 Å². The predicted molar refractivity (Wildman–Crippen MR) is 74.3 cm³/mol. The maximum absolute atomic E-state index is 5.08. The van der Waals surface area contributed by atoms with Crippen LogP contribution in [-0.4, -0.2) is 26.8 Å². The zero-order chi connectivity index (χ0) is 12.6. The first-order valence-corrected chi connectivity index (χ1v) is 7.40. The van der Waals surface area contributed by atoms with Crippen LogP contribution in [0.25, 0.3) is 0 Å². The standard InChI is InChI=1S/C15H31NO/c1-4-15(2,13-16-10-11-17-3)12-14-8-6-5-7-9-14/h14,16H,4-13H2,1-3H3. The normalized spacial score (nSPS) is 21.4. The molecule has 1 atom stereocenters. The van der Waals surface area contributed by atoms with Crippen molar-refractivity contribution >= 4 is 0 Å². The van der Waals surface area contributed by atoms with Crippen molar-refractivity contribution in [2.45, 2.75) is 58.8 Å². The minimum absolute atomic E-state index is 0.482. The number of rotatable bonds is 8. The van der Waals surface area contributed by atoms with Crippen LogP contribution in [0, 0.1) is 11.3 Å². The molecule has 1 unspecified atom stereocenters. The lowest BCUT2D eigenvalue weighted by molar-refractivity contribution is 0.170. The Labute approximate surface area is 108 Å². The Hall–Kier alpha value is -0.0800. The van der Waals surface area contributed by atoms with E-state index in [0.717, 1.165) is 25.6 Å². The Morgan fingerprint density at radius 1 is 1.24 bits per heavy atom. The van der Waals surface area contributed by atoms with Crippen LogP contribution in [0.15, 0.2) is 0 Å². The smallest absolute Gasteiger partial charge is 0.0587 e. The van der Waals surface area contributed by atoms with Gasteiger partial charge in [0.1, 0.15) is 0 Å². The fourth-order valence-corrected chi connectivity index (χ4v) is 2.99. The summed E-state index contributed by atoms with van der Waals surface area (Å²) in [6.07, 6.45) is 10.0. The summed E-state index contributed by atoms with van der Waals surface area (Å²) in [5.41, 5.74) is 0.482. The topological polar surface area (TPSA) is 21.3 Å². The molecule has 1 aliphatic carbocycles. The van der Waals surface area contributed by atoms with Crippen molar-refractivity contribution in [2.24, 2.45) is 11.3 Å². The molecule has 1 N–H and O–H groups in total. The van der Waals surface area contributed by atoms with Gasteiger partial charge in [0.05, 0.1) is 6.61 Å². The molecule has 2 nitrogen and oxygen atoms in total. The van der Waals surface area contributed by atoms with Crippen molar-refractivity contribution in [1.29, 1.82) is 0 Å². The van der Waals surface area contributed by atoms with E-state index in [9.17, 15) is 0 Å². The van der Waals surface area contributed by atoms with Gasteiger partial charge in [0.15, 0.2) is 0 Å². The highest BCUT2D eigenvalue weighted by Crippen LogP contribution is 2.36. The summed E-state index contributed by atoms with van der Waals surface area (Å²) in [4.78, 5) is 0. The average Bonchev–Trinajstić information content (AvgIpc) is 2.36. The van der Waals surface area contributed by atoms with Gasteiger partial charge in [0.25, 0.3) is 0 Å². The largest absolute Gasteiger partial charge is 0.383 e. The van der Waals surface area contributed by atoms with Crippen molar-refractivity contribution in [3.05, 3.63) is 0 Å². The van der Waals surface area contributed by atoms with Crippen LogP contribution < -0.4 is 5.32 Å². The summed E-state index contributed by atoms with van der Waals surface area (Å²) in [6.45, 7) is 7.73. The van der Waals surface area contributed by atoms with Crippen molar-refractivity contribution in [3.63, 3.8) is 0 Å². The summed E-state index contributed by atoms with van der Waals surface area (Å²) < 4.78 is 5.08. The van der Waals surface area contributed by atoms with Crippen LogP contribution in [0.5, 0.6) is 0 Å². The number of methoxy groups -OCH3 is 1. The van der Waals surface area contributed by atoms with Gasteiger partial charge >= 0.3 is 0 Å². The second kappa shape index (κ2) is 8.10. The molecule has 102 valence electrons. The SMILES string of the molecule is CCC(C)(CNCCOC)CC1CCCCC1. The molecular weight excluding hydrogens is 210 g/mol. The lowest BCUT2D eigenvalue weighted by Gasteiger charge is -2.34. The fraction of sp³-hybridized carbons (Fsp3) is 1.00. The first kappa shape index (κ1) is 15.0. The molecule has 0 bridgehead atoms. The fourth-order valence-electron chi connectivity index (χ4n) is 2.99. The quantitative estimate of drug-likeness (QED) is 0.656. The molecule has 0 saturated heterocycles. The van der Waals surface area contributed by atoms with Crippen LogP contribution in [-0.2, 0) is 4.74 Å². The third-order valence-corrected chi connectivity index (χ3v) is 4.39. The van der Waals surface area contributed by atoms with Crippen LogP contribution >= 0.6 is 0 Å². The van der Waals surface area contributed by atoms with Gasteiger partial charge in [-0.2, -0.15) is 0 Å². The van der Waals surface area contributed by atoms with Crippen molar-refractivity contribution in [1.82, 2.24) is 5.32 Å². The van der Waals surface area contributed by atoms with Gasteiger partial charge in [-0.05, 0) is 24.2 Å². The summed E-state index contributed by atoms with van der Waals surface area (Å²) in [6, 6.07) is 0. The maximum Gasteiger partial charge on any atom is 0.0587 e. The molecule has 1 saturated carbocycles. The minimum Gasteiger partial charge on any atom is -0.383 e. The zero-order valence-electron chi connectivity index (χ0n) is 12.1. The van der Waals surface area contributed by atoms with Gasteiger partial charge in [-0.15, -0.1) is 0 Å². The van der Waals surface area contributed by atoms with E-state index in [-0.39, 0.29) is 0 Å². The molecule has 0 aromatic rings. The molecule has 0 heterocycles. The Bertz CT molecular complexity index is 189. The second-order valence-corrected chi connectivity index (χ2v) is 6.04. The Balaban J connectivity index is 2.27. The Kier molecular flexibility index (Phi) is 7.14. The van der Waals surface area contributed by atoms with Gasteiger partial charge in [0, 0.05) is 20.2 Å². The third kappa shape index (κ3) is 5.87. The van der Waals surface area contributed by atoms with Crippen molar-refractivity contribution in [2.75, 3.05) is 26.8 Å². The molecule has 2 heteroatoms. The lowest BCUT2D eigenvalue weighted by Crippen LogP contribution is -2.35. The van der Waals surface area contributed by atoms with E-state index in [1.807, 2.05) is 0 Å². The number of ether oxygens (including phenoxy) is 1. The number of hydrogen-bond acceptors (Lipinski definition) is 2. The minimum atomic E-state index is 0.482. The monoisotopic (exact) mass is 241 g/mol. The van der Waals surface area contributed by atoms with E-state index in [4.69, 9.17) is 4.74 Å². The third-order valence-electron chi connectivity index (χ3n) is 4.39. The first-order valence-electron chi connectivity index (χ1n) is 7.40. The summed E-state index contributed by atoms with van der Waals surface area (Å²) in [7, 11) is 1.77. The molecule has 1 aliphatic rings. The van der Waals surface area contributed by atoms with E-state index in [1.165, 1.54) is 44.9 Å². The Morgan fingerprint density at radius 3 is 2.53 bits per heavy atom. The predicted octanol–water partition coefficient (Wildman–Crippen LogP) is 3.61. The highest BCUT2D eigenvalue weighted by atomic mass is 16.5. The molecular formula is C15H31NO. The zero-order valence-corrected chi connectivity index (χ0v) is 12.1. The molecule has 1 rings (SSSR count). The van der Waals surface area contributed by atoms with E-state index in [0.29, 0.717) is 5.41 Å².